The van der Waals surface area contributed by atoms with Gasteiger partial charge in [-0.1, -0.05) is 12.5 Å². The smallest absolute Gasteiger partial charge is 0.241 e. The lowest BCUT2D eigenvalue weighted by atomic mass is 10.0. The molecule has 0 aliphatic carbocycles. The second-order valence-electron chi connectivity index (χ2n) is 5.67. The van der Waals surface area contributed by atoms with Gasteiger partial charge in [0.1, 0.15) is 0 Å². The number of hydrogen-bond donors (Lipinski definition) is 2. The maximum absolute atomic E-state index is 12.2. The van der Waals surface area contributed by atoms with E-state index in [2.05, 4.69) is 21.7 Å². The molecule has 1 aromatic carbocycles. The van der Waals surface area contributed by atoms with Crippen LogP contribution in [0.5, 0.6) is 0 Å². The SMILES string of the molecule is Cl.Cl.O=C(Nc1ccc(SCc2cccnc2)cc1)[C@H]1CCCCN1. The van der Waals surface area contributed by atoms with Gasteiger partial charge >= 0.3 is 0 Å². The lowest BCUT2D eigenvalue weighted by Crippen LogP contribution is -2.43. The maximum atomic E-state index is 12.2. The van der Waals surface area contributed by atoms with Crippen LogP contribution in [0, 0.1) is 0 Å². The molecule has 136 valence electrons. The maximum Gasteiger partial charge on any atom is 0.241 e. The zero-order valence-corrected chi connectivity index (χ0v) is 16.3. The topological polar surface area (TPSA) is 54.0 Å². The molecule has 0 bridgehead atoms. The van der Waals surface area contributed by atoms with Crippen molar-refractivity contribution < 1.29 is 4.79 Å². The molecule has 1 aliphatic heterocycles. The number of rotatable bonds is 5. The van der Waals surface area contributed by atoms with Gasteiger partial charge in [0.05, 0.1) is 6.04 Å². The Morgan fingerprint density at radius 3 is 2.64 bits per heavy atom. The molecule has 7 heteroatoms. The summed E-state index contributed by atoms with van der Waals surface area (Å²) >= 11 is 1.76. The summed E-state index contributed by atoms with van der Waals surface area (Å²) in [5.74, 6) is 0.964. The first-order valence-electron chi connectivity index (χ1n) is 7.97. The second kappa shape index (κ2) is 11.4. The van der Waals surface area contributed by atoms with Crippen LogP contribution in [0.25, 0.3) is 0 Å². The van der Waals surface area contributed by atoms with E-state index in [4.69, 9.17) is 0 Å². The quantitative estimate of drug-likeness (QED) is 0.735. The predicted octanol–water partition coefficient (Wildman–Crippen LogP) is 4.30. The number of hydrogen-bond acceptors (Lipinski definition) is 4. The van der Waals surface area contributed by atoms with Crippen molar-refractivity contribution in [2.24, 2.45) is 0 Å². The molecule has 2 N–H and O–H groups in total. The summed E-state index contributed by atoms with van der Waals surface area (Å²) in [5, 5.41) is 6.26. The van der Waals surface area contributed by atoms with Gasteiger partial charge in [0.2, 0.25) is 5.91 Å². The first kappa shape index (κ1) is 21.8. The summed E-state index contributed by atoms with van der Waals surface area (Å²) < 4.78 is 0. The van der Waals surface area contributed by atoms with Crippen LogP contribution in [0.15, 0.2) is 53.7 Å². The normalized spacial score (nSPS) is 16.2. The summed E-state index contributed by atoms with van der Waals surface area (Å²) in [6.07, 6.45) is 6.87. The van der Waals surface area contributed by atoms with Crippen LogP contribution < -0.4 is 10.6 Å². The summed E-state index contributed by atoms with van der Waals surface area (Å²) in [6.45, 7) is 0.933. The van der Waals surface area contributed by atoms with Crippen LogP contribution in [-0.4, -0.2) is 23.5 Å². The van der Waals surface area contributed by atoms with Crippen molar-refractivity contribution in [2.75, 3.05) is 11.9 Å². The fourth-order valence-electron chi connectivity index (χ4n) is 2.59. The molecule has 2 heterocycles. The Morgan fingerprint density at radius 1 is 1.20 bits per heavy atom. The van der Waals surface area contributed by atoms with Crippen molar-refractivity contribution in [3.63, 3.8) is 0 Å². The molecule has 0 spiro atoms. The van der Waals surface area contributed by atoms with Crippen LogP contribution in [0.3, 0.4) is 0 Å². The van der Waals surface area contributed by atoms with E-state index in [1.54, 1.807) is 18.0 Å². The molecule has 1 amide bonds. The van der Waals surface area contributed by atoms with Crippen LogP contribution in [0.4, 0.5) is 5.69 Å². The van der Waals surface area contributed by atoms with E-state index >= 15 is 0 Å². The van der Waals surface area contributed by atoms with Gasteiger partial charge in [0.15, 0.2) is 0 Å². The Bertz CT molecular complexity index is 635. The molecule has 0 unspecified atom stereocenters. The number of carbonyl (C=O) groups excluding carboxylic acids is 1. The molecule has 1 saturated heterocycles. The van der Waals surface area contributed by atoms with Crippen LogP contribution in [0.1, 0.15) is 24.8 Å². The van der Waals surface area contributed by atoms with Crippen molar-refractivity contribution in [2.45, 2.75) is 36.0 Å². The fraction of sp³-hybridized carbons (Fsp3) is 0.333. The largest absolute Gasteiger partial charge is 0.325 e. The van der Waals surface area contributed by atoms with E-state index in [-0.39, 0.29) is 36.8 Å². The Hall–Kier alpha value is -1.27. The third-order valence-electron chi connectivity index (χ3n) is 3.88. The van der Waals surface area contributed by atoms with Gasteiger partial charge in [-0.05, 0) is 55.3 Å². The van der Waals surface area contributed by atoms with E-state index in [1.807, 2.05) is 36.5 Å². The average Bonchev–Trinajstić information content (AvgIpc) is 2.63. The van der Waals surface area contributed by atoms with Gasteiger partial charge in [-0.25, -0.2) is 0 Å². The number of nitrogens with one attached hydrogen (secondary N) is 2. The standard InChI is InChI=1S/C18H21N3OS.2ClH/c22-18(17-5-1-2-11-20-17)21-15-6-8-16(9-7-15)23-13-14-4-3-10-19-12-14;;/h3-4,6-10,12,17,20H,1-2,5,11,13H2,(H,21,22);2*1H/t17-;;/m1../s1. The minimum Gasteiger partial charge on any atom is -0.325 e. The molecular weight excluding hydrogens is 377 g/mol. The van der Waals surface area contributed by atoms with Gasteiger partial charge in [-0.3, -0.25) is 9.78 Å². The fourth-order valence-corrected chi connectivity index (χ4v) is 3.42. The van der Waals surface area contributed by atoms with Gasteiger partial charge in [0, 0.05) is 28.7 Å². The minimum atomic E-state index is -0.0524. The Morgan fingerprint density at radius 2 is 2.00 bits per heavy atom. The van der Waals surface area contributed by atoms with Crippen molar-refractivity contribution in [3.8, 4) is 0 Å². The Labute approximate surface area is 165 Å². The third kappa shape index (κ3) is 6.86. The summed E-state index contributed by atoms with van der Waals surface area (Å²) in [7, 11) is 0. The molecule has 25 heavy (non-hydrogen) atoms. The number of nitrogens with zero attached hydrogens (tertiary/aromatic N) is 1. The molecule has 2 aromatic rings. The van der Waals surface area contributed by atoms with Gasteiger partial charge in [0.25, 0.3) is 0 Å². The van der Waals surface area contributed by atoms with E-state index in [0.29, 0.717) is 0 Å². The molecule has 0 radical (unpaired) electrons. The second-order valence-corrected chi connectivity index (χ2v) is 6.71. The zero-order chi connectivity index (χ0) is 15.9. The first-order valence-corrected chi connectivity index (χ1v) is 8.96. The van der Waals surface area contributed by atoms with Crippen LogP contribution in [0.2, 0.25) is 0 Å². The summed E-state index contributed by atoms with van der Waals surface area (Å²) in [6, 6.07) is 12.0. The summed E-state index contributed by atoms with van der Waals surface area (Å²) in [5.41, 5.74) is 2.06. The molecule has 4 nitrogen and oxygen atoms in total. The van der Waals surface area contributed by atoms with E-state index in [9.17, 15) is 4.79 Å². The van der Waals surface area contributed by atoms with Gasteiger partial charge < -0.3 is 10.6 Å². The van der Waals surface area contributed by atoms with E-state index < -0.39 is 0 Å². The molecule has 1 aromatic heterocycles. The van der Waals surface area contributed by atoms with Gasteiger partial charge in [-0.15, -0.1) is 36.6 Å². The number of thioether (sulfide) groups is 1. The lowest BCUT2D eigenvalue weighted by molar-refractivity contribution is -0.118. The number of halogens is 2. The highest BCUT2D eigenvalue weighted by Crippen LogP contribution is 2.24. The van der Waals surface area contributed by atoms with Crippen LogP contribution >= 0.6 is 36.6 Å². The Balaban J connectivity index is 0.00000156. The number of anilines is 1. The molecule has 0 saturated carbocycles. The molecular formula is C18H23Cl2N3OS. The zero-order valence-electron chi connectivity index (χ0n) is 13.8. The van der Waals surface area contributed by atoms with E-state index in [0.717, 1.165) is 37.2 Å². The number of carbonyl (C=O) groups is 1. The van der Waals surface area contributed by atoms with Crippen molar-refractivity contribution in [1.82, 2.24) is 10.3 Å². The number of benzene rings is 1. The number of piperidine rings is 1. The monoisotopic (exact) mass is 399 g/mol. The highest BCUT2D eigenvalue weighted by atomic mass is 35.5. The third-order valence-corrected chi connectivity index (χ3v) is 4.96. The minimum absolute atomic E-state index is 0. The van der Waals surface area contributed by atoms with Gasteiger partial charge in [-0.2, -0.15) is 0 Å². The molecule has 1 aliphatic rings. The highest BCUT2D eigenvalue weighted by Gasteiger charge is 2.20. The van der Waals surface area contributed by atoms with Crippen molar-refractivity contribution >= 4 is 48.2 Å². The van der Waals surface area contributed by atoms with Crippen molar-refractivity contribution in [1.29, 1.82) is 0 Å². The molecule has 3 rings (SSSR count). The Kier molecular flexibility index (Phi) is 9.90. The predicted molar refractivity (Wildman–Crippen MR) is 109 cm³/mol. The number of aromatic nitrogens is 1. The lowest BCUT2D eigenvalue weighted by Gasteiger charge is -2.22. The van der Waals surface area contributed by atoms with Crippen LogP contribution in [-0.2, 0) is 10.5 Å². The van der Waals surface area contributed by atoms with Crippen molar-refractivity contribution in [3.05, 3.63) is 54.4 Å². The number of pyridine rings is 1. The van der Waals surface area contributed by atoms with E-state index in [1.165, 1.54) is 10.5 Å². The summed E-state index contributed by atoms with van der Waals surface area (Å²) in [4.78, 5) is 17.5. The molecule has 1 atom stereocenters. The molecule has 1 fully saturated rings. The average molecular weight is 400 g/mol. The highest BCUT2D eigenvalue weighted by molar-refractivity contribution is 7.98. The first-order chi connectivity index (χ1) is 11.3. The number of amides is 1.